The number of nitro benzene ring substituents is 1. The van der Waals surface area contributed by atoms with E-state index < -0.39 is 39.5 Å². The molecule has 9 heteroatoms. The van der Waals surface area contributed by atoms with Crippen LogP contribution in [-0.2, 0) is 0 Å². The molecule has 0 saturated carbocycles. The summed E-state index contributed by atoms with van der Waals surface area (Å²) in [5.41, 5.74) is -1.70. The van der Waals surface area contributed by atoms with Gasteiger partial charge in [0, 0.05) is 6.07 Å². The predicted octanol–water partition coefficient (Wildman–Crippen LogP) is 2.55. The summed E-state index contributed by atoms with van der Waals surface area (Å²) in [5, 5.41) is 18.5. The van der Waals surface area contributed by atoms with Gasteiger partial charge in [0.2, 0.25) is 0 Å². The quantitative estimate of drug-likeness (QED) is 0.669. The molecule has 6 nitrogen and oxygen atoms in total. The smallest absolute Gasteiger partial charge is 0.387 e. The SMILES string of the molecule is O=C(O)c1c([N+](=O)[O-])ccc(OC(F)F)c1Cl. The first kappa shape index (κ1) is 13.1. The van der Waals surface area contributed by atoms with Gasteiger partial charge in [-0.1, -0.05) is 11.6 Å². The Hall–Kier alpha value is -1.96. The van der Waals surface area contributed by atoms with Gasteiger partial charge in [0.25, 0.3) is 5.69 Å². The predicted molar refractivity (Wildman–Crippen MR) is 51.7 cm³/mol. The molecule has 0 saturated heterocycles. The molecule has 0 unspecified atom stereocenters. The molecule has 0 aromatic heterocycles. The lowest BCUT2D eigenvalue weighted by Crippen LogP contribution is -2.08. The highest BCUT2D eigenvalue weighted by molar-refractivity contribution is 6.35. The van der Waals surface area contributed by atoms with Crippen molar-refractivity contribution in [2.45, 2.75) is 6.61 Å². The van der Waals surface area contributed by atoms with Crippen LogP contribution < -0.4 is 4.74 Å². The molecular formula is C8H4ClF2NO5. The van der Waals surface area contributed by atoms with Gasteiger partial charge in [0.05, 0.1) is 4.92 Å². The van der Waals surface area contributed by atoms with Gasteiger partial charge in [-0.2, -0.15) is 8.78 Å². The Bertz CT molecular complexity index is 479. The van der Waals surface area contributed by atoms with E-state index in [-0.39, 0.29) is 0 Å². The van der Waals surface area contributed by atoms with Crippen LogP contribution in [0.15, 0.2) is 12.1 Å². The minimum Gasteiger partial charge on any atom is -0.477 e. The van der Waals surface area contributed by atoms with E-state index in [0.717, 1.165) is 12.1 Å². The van der Waals surface area contributed by atoms with Crippen LogP contribution in [0.1, 0.15) is 10.4 Å². The number of benzene rings is 1. The first-order chi connectivity index (χ1) is 7.84. The topological polar surface area (TPSA) is 89.7 Å². The van der Waals surface area contributed by atoms with Gasteiger partial charge in [0.1, 0.15) is 10.8 Å². The average molecular weight is 268 g/mol. The molecule has 17 heavy (non-hydrogen) atoms. The standard InChI is InChI=1S/C8H4ClF2NO5/c9-6-4(17-8(10)11)2-1-3(12(15)16)5(6)7(13)14/h1-2,8H,(H,13,14). The second kappa shape index (κ2) is 4.91. The Morgan fingerprint density at radius 1 is 1.53 bits per heavy atom. The molecule has 0 amide bonds. The molecule has 0 heterocycles. The number of carboxylic acids is 1. The van der Waals surface area contributed by atoms with Gasteiger partial charge >= 0.3 is 12.6 Å². The van der Waals surface area contributed by atoms with Crippen LogP contribution in [-0.4, -0.2) is 22.6 Å². The fraction of sp³-hybridized carbons (Fsp3) is 0.125. The van der Waals surface area contributed by atoms with Crippen LogP contribution in [0, 0.1) is 10.1 Å². The number of nitro groups is 1. The van der Waals surface area contributed by atoms with Crippen molar-refractivity contribution < 1.29 is 28.3 Å². The highest BCUT2D eigenvalue weighted by atomic mass is 35.5. The first-order valence-corrected chi connectivity index (χ1v) is 4.37. The van der Waals surface area contributed by atoms with E-state index in [4.69, 9.17) is 16.7 Å². The number of hydrogen-bond acceptors (Lipinski definition) is 4. The number of alkyl halides is 2. The zero-order valence-corrected chi connectivity index (χ0v) is 8.65. The van der Waals surface area contributed by atoms with E-state index in [1.165, 1.54) is 0 Å². The van der Waals surface area contributed by atoms with E-state index in [1.54, 1.807) is 0 Å². The highest BCUT2D eigenvalue weighted by Gasteiger charge is 2.27. The maximum Gasteiger partial charge on any atom is 0.387 e. The second-order valence-electron chi connectivity index (χ2n) is 2.71. The van der Waals surface area contributed by atoms with Gasteiger partial charge in [-0.05, 0) is 6.07 Å². The maximum atomic E-state index is 11.9. The van der Waals surface area contributed by atoms with Gasteiger partial charge < -0.3 is 9.84 Å². The lowest BCUT2D eigenvalue weighted by Gasteiger charge is -2.08. The number of carbonyl (C=O) groups is 1. The summed E-state index contributed by atoms with van der Waals surface area (Å²) in [5.74, 6) is -2.34. The number of ether oxygens (including phenoxy) is 1. The summed E-state index contributed by atoms with van der Waals surface area (Å²) < 4.78 is 27.8. The number of rotatable bonds is 4. The lowest BCUT2D eigenvalue weighted by molar-refractivity contribution is -0.385. The van der Waals surface area contributed by atoms with Gasteiger partial charge in [0.15, 0.2) is 5.56 Å². The molecular weight excluding hydrogens is 264 g/mol. The van der Waals surface area contributed by atoms with Crippen LogP contribution in [0.25, 0.3) is 0 Å². The monoisotopic (exact) mass is 267 g/mol. The van der Waals surface area contributed by atoms with Crippen LogP contribution in [0.4, 0.5) is 14.5 Å². The van der Waals surface area contributed by atoms with E-state index in [0.29, 0.717) is 0 Å². The van der Waals surface area contributed by atoms with Gasteiger partial charge in [-0.15, -0.1) is 0 Å². The van der Waals surface area contributed by atoms with Crippen molar-refractivity contribution >= 4 is 23.3 Å². The third-order valence-electron chi connectivity index (χ3n) is 1.71. The Labute approximate surface area is 97.5 Å². The zero-order valence-electron chi connectivity index (χ0n) is 7.89. The van der Waals surface area contributed by atoms with Crippen molar-refractivity contribution in [3.63, 3.8) is 0 Å². The van der Waals surface area contributed by atoms with E-state index >= 15 is 0 Å². The molecule has 0 bridgehead atoms. The molecule has 0 aliphatic rings. The largest absolute Gasteiger partial charge is 0.477 e. The molecule has 0 fully saturated rings. The number of aromatic carboxylic acids is 1. The molecule has 1 rings (SSSR count). The minimum absolute atomic E-state index is 0.635. The third kappa shape index (κ3) is 2.78. The van der Waals surface area contributed by atoms with Gasteiger partial charge in [-0.3, -0.25) is 10.1 Å². The molecule has 0 radical (unpaired) electrons. The molecule has 0 atom stereocenters. The van der Waals surface area contributed by atoms with E-state index in [9.17, 15) is 23.7 Å². The Kier molecular flexibility index (Phi) is 3.79. The highest BCUT2D eigenvalue weighted by Crippen LogP contribution is 2.35. The molecule has 1 N–H and O–H groups in total. The normalized spacial score (nSPS) is 10.4. The average Bonchev–Trinajstić information content (AvgIpc) is 2.19. The summed E-state index contributed by atoms with van der Waals surface area (Å²) in [4.78, 5) is 20.3. The molecule has 1 aromatic carbocycles. The van der Waals surface area contributed by atoms with Gasteiger partial charge in [-0.25, -0.2) is 4.79 Å². The minimum atomic E-state index is -3.21. The van der Waals surface area contributed by atoms with Crippen molar-refractivity contribution in [1.29, 1.82) is 0 Å². The Morgan fingerprint density at radius 2 is 2.12 bits per heavy atom. The summed E-state index contributed by atoms with van der Waals surface area (Å²) in [7, 11) is 0. The zero-order chi connectivity index (χ0) is 13.2. The maximum absolute atomic E-state index is 11.9. The van der Waals surface area contributed by atoms with Crippen molar-refractivity contribution in [3.8, 4) is 5.75 Å². The molecule has 0 aliphatic carbocycles. The number of hydrogen-bond donors (Lipinski definition) is 1. The third-order valence-corrected chi connectivity index (χ3v) is 2.09. The Balaban J connectivity index is 3.38. The molecule has 0 aliphatic heterocycles. The molecule has 1 aromatic rings. The molecule has 92 valence electrons. The second-order valence-corrected chi connectivity index (χ2v) is 3.09. The van der Waals surface area contributed by atoms with Crippen molar-refractivity contribution in [2.75, 3.05) is 0 Å². The summed E-state index contributed by atoms with van der Waals surface area (Å²) in [6.07, 6.45) is 0. The van der Waals surface area contributed by atoms with Crippen LogP contribution in [0.5, 0.6) is 5.75 Å². The van der Waals surface area contributed by atoms with Crippen molar-refractivity contribution in [3.05, 3.63) is 32.8 Å². The summed E-state index contributed by atoms with van der Waals surface area (Å²) in [6.45, 7) is -3.21. The number of carboxylic acid groups (broad SMARTS) is 1. The summed E-state index contributed by atoms with van der Waals surface area (Å²) in [6, 6.07) is 1.53. The Morgan fingerprint density at radius 3 is 2.53 bits per heavy atom. The lowest BCUT2D eigenvalue weighted by atomic mass is 10.1. The van der Waals surface area contributed by atoms with Crippen LogP contribution in [0.3, 0.4) is 0 Å². The number of halogens is 3. The van der Waals surface area contributed by atoms with Crippen molar-refractivity contribution in [2.24, 2.45) is 0 Å². The van der Waals surface area contributed by atoms with Crippen molar-refractivity contribution in [1.82, 2.24) is 0 Å². The molecule has 0 spiro atoms. The van der Waals surface area contributed by atoms with Crippen LogP contribution in [0.2, 0.25) is 5.02 Å². The van der Waals surface area contributed by atoms with Crippen LogP contribution >= 0.6 is 11.6 Å². The fourth-order valence-corrected chi connectivity index (χ4v) is 1.37. The van der Waals surface area contributed by atoms with E-state index in [1.807, 2.05) is 0 Å². The number of nitrogens with zero attached hydrogens (tertiary/aromatic N) is 1. The summed E-state index contributed by atoms with van der Waals surface area (Å²) >= 11 is 5.45. The first-order valence-electron chi connectivity index (χ1n) is 3.99. The fourth-order valence-electron chi connectivity index (χ4n) is 1.09. The van der Waals surface area contributed by atoms with E-state index in [2.05, 4.69) is 4.74 Å².